The van der Waals surface area contributed by atoms with Crippen molar-refractivity contribution in [1.29, 1.82) is 0 Å². The molecule has 2 rings (SSSR count). The second-order valence-electron chi connectivity index (χ2n) is 5.95. The monoisotopic (exact) mass is 258 g/mol. The van der Waals surface area contributed by atoms with Gasteiger partial charge in [0.2, 0.25) is 0 Å². The molecule has 0 aromatic heterocycles. The molecule has 2 aliphatic rings. The molecule has 0 aliphatic carbocycles. The van der Waals surface area contributed by atoms with Crippen LogP contribution in [0, 0.1) is 5.92 Å². The van der Waals surface area contributed by atoms with Gasteiger partial charge in [0.25, 0.3) is 0 Å². The van der Waals surface area contributed by atoms with Crippen LogP contribution in [0.5, 0.6) is 0 Å². The van der Waals surface area contributed by atoms with Gasteiger partial charge in [-0.2, -0.15) is 11.8 Å². The van der Waals surface area contributed by atoms with E-state index in [0.717, 1.165) is 26.2 Å². The molecule has 2 aliphatic heterocycles. The highest BCUT2D eigenvalue weighted by molar-refractivity contribution is 8.00. The van der Waals surface area contributed by atoms with E-state index in [1.807, 2.05) is 0 Å². The maximum absolute atomic E-state index is 6.18. The molecule has 2 fully saturated rings. The van der Waals surface area contributed by atoms with Gasteiger partial charge >= 0.3 is 0 Å². The smallest absolute Gasteiger partial charge is 0.0521 e. The van der Waals surface area contributed by atoms with Crippen LogP contribution in [0.15, 0.2) is 0 Å². The first-order chi connectivity index (χ1) is 8.07. The molecule has 0 aromatic carbocycles. The van der Waals surface area contributed by atoms with Crippen molar-refractivity contribution >= 4 is 11.8 Å². The van der Waals surface area contributed by atoms with E-state index >= 15 is 0 Å². The van der Waals surface area contributed by atoms with Crippen molar-refractivity contribution in [1.82, 2.24) is 4.90 Å². The van der Waals surface area contributed by atoms with Gasteiger partial charge in [0.05, 0.1) is 6.61 Å². The number of nitrogens with zero attached hydrogens (tertiary/aromatic N) is 1. The zero-order chi connectivity index (χ0) is 12.3. The predicted molar refractivity (Wildman–Crippen MR) is 74.5 cm³/mol. The minimum absolute atomic E-state index is 0.340. The summed E-state index contributed by atoms with van der Waals surface area (Å²) in [6.45, 7) is 9.96. The third-order valence-corrected chi connectivity index (χ3v) is 5.33. The fourth-order valence-corrected chi connectivity index (χ4v) is 3.72. The first-order valence-electron chi connectivity index (χ1n) is 6.76. The second kappa shape index (κ2) is 5.91. The van der Waals surface area contributed by atoms with Gasteiger partial charge in [0.1, 0.15) is 0 Å². The maximum Gasteiger partial charge on any atom is 0.0521 e. The molecule has 0 amide bonds. The van der Waals surface area contributed by atoms with E-state index in [9.17, 15) is 0 Å². The molecule has 4 heteroatoms. The quantitative estimate of drug-likeness (QED) is 0.816. The summed E-state index contributed by atoms with van der Waals surface area (Å²) < 4.78 is 6.00. The Balaban J connectivity index is 1.82. The molecule has 2 atom stereocenters. The van der Waals surface area contributed by atoms with Crippen molar-refractivity contribution in [3.05, 3.63) is 0 Å². The largest absolute Gasteiger partial charge is 0.381 e. The normalized spacial score (nSPS) is 35.5. The van der Waals surface area contributed by atoms with E-state index in [1.165, 1.54) is 25.3 Å². The molecular formula is C13H26N2OS. The molecule has 17 heavy (non-hydrogen) atoms. The van der Waals surface area contributed by atoms with Crippen molar-refractivity contribution in [2.24, 2.45) is 11.7 Å². The van der Waals surface area contributed by atoms with Gasteiger partial charge in [0.15, 0.2) is 0 Å². The number of ether oxygens (including phenoxy) is 1. The Bertz CT molecular complexity index is 248. The van der Waals surface area contributed by atoms with Crippen LogP contribution in [0.25, 0.3) is 0 Å². The lowest BCUT2D eigenvalue weighted by Crippen LogP contribution is -2.45. The van der Waals surface area contributed by atoms with Gasteiger partial charge in [-0.15, -0.1) is 0 Å². The van der Waals surface area contributed by atoms with E-state index in [2.05, 4.69) is 30.5 Å². The van der Waals surface area contributed by atoms with Crippen LogP contribution in [0.4, 0.5) is 0 Å². The summed E-state index contributed by atoms with van der Waals surface area (Å²) in [7, 11) is 0. The molecule has 0 aromatic rings. The van der Waals surface area contributed by atoms with Gasteiger partial charge in [0, 0.05) is 42.2 Å². The Hall–Kier alpha value is 0.230. The van der Waals surface area contributed by atoms with E-state index in [4.69, 9.17) is 10.5 Å². The zero-order valence-electron chi connectivity index (χ0n) is 11.2. The highest BCUT2D eigenvalue weighted by atomic mass is 32.2. The highest BCUT2D eigenvalue weighted by Crippen LogP contribution is 2.31. The fraction of sp³-hybridized carbons (Fsp3) is 1.00. The molecule has 3 nitrogen and oxygen atoms in total. The minimum Gasteiger partial charge on any atom is -0.381 e. The molecule has 0 radical (unpaired) electrons. The summed E-state index contributed by atoms with van der Waals surface area (Å²) in [4.78, 5) is 2.58. The number of rotatable bonds is 2. The van der Waals surface area contributed by atoms with Gasteiger partial charge in [-0.05, 0) is 19.4 Å². The predicted octanol–water partition coefficient (Wildman–Crippen LogP) is 1.57. The number of nitrogens with two attached hydrogens (primary N) is 1. The molecule has 2 unspecified atom stereocenters. The van der Waals surface area contributed by atoms with E-state index < -0.39 is 0 Å². The molecular weight excluding hydrogens is 232 g/mol. The van der Waals surface area contributed by atoms with Crippen LogP contribution in [0.3, 0.4) is 0 Å². The summed E-state index contributed by atoms with van der Waals surface area (Å²) in [6, 6.07) is 0.340. The number of thioether (sulfide) groups is 1. The average molecular weight is 258 g/mol. The maximum atomic E-state index is 6.18. The van der Waals surface area contributed by atoms with E-state index in [1.54, 1.807) is 0 Å². The van der Waals surface area contributed by atoms with Gasteiger partial charge in [-0.3, -0.25) is 0 Å². The Morgan fingerprint density at radius 3 is 3.00 bits per heavy atom. The van der Waals surface area contributed by atoms with Crippen LogP contribution in [0.2, 0.25) is 0 Å². The van der Waals surface area contributed by atoms with Gasteiger partial charge < -0.3 is 15.4 Å². The van der Waals surface area contributed by atoms with Crippen LogP contribution < -0.4 is 5.73 Å². The summed E-state index contributed by atoms with van der Waals surface area (Å²) in [6.07, 6.45) is 2.30. The second-order valence-corrected chi connectivity index (χ2v) is 7.75. The third kappa shape index (κ3) is 4.12. The molecule has 0 spiro atoms. The van der Waals surface area contributed by atoms with Crippen molar-refractivity contribution in [2.75, 3.05) is 38.6 Å². The van der Waals surface area contributed by atoms with Crippen molar-refractivity contribution < 1.29 is 4.74 Å². The van der Waals surface area contributed by atoms with Crippen LogP contribution in [-0.2, 0) is 4.74 Å². The van der Waals surface area contributed by atoms with E-state index in [0.29, 0.717) is 16.7 Å². The summed E-state index contributed by atoms with van der Waals surface area (Å²) in [5.41, 5.74) is 6.18. The van der Waals surface area contributed by atoms with Crippen LogP contribution in [-0.4, -0.2) is 54.3 Å². The van der Waals surface area contributed by atoms with Gasteiger partial charge in [-0.1, -0.05) is 13.8 Å². The Labute approximate surface area is 109 Å². The third-order valence-electron chi connectivity index (χ3n) is 3.96. The Morgan fingerprint density at radius 2 is 2.24 bits per heavy atom. The molecule has 0 bridgehead atoms. The lowest BCUT2D eigenvalue weighted by Gasteiger charge is -2.33. The summed E-state index contributed by atoms with van der Waals surface area (Å²) in [5.74, 6) is 1.78. The van der Waals surface area contributed by atoms with Crippen LogP contribution in [0.1, 0.15) is 26.7 Å². The molecule has 2 N–H and O–H groups in total. The number of hydrogen-bond acceptors (Lipinski definition) is 4. The average Bonchev–Trinajstić information content (AvgIpc) is 2.44. The van der Waals surface area contributed by atoms with E-state index in [-0.39, 0.29) is 0 Å². The standard InChI is InChI=1S/C13H26N2OS/c1-13(2)4-5-15(6-8-17-13)9-11-10-16-7-3-12(11)14/h11-12H,3-10,14H2,1-2H3. The van der Waals surface area contributed by atoms with Crippen LogP contribution >= 0.6 is 11.8 Å². The fourth-order valence-electron chi connectivity index (χ4n) is 2.58. The zero-order valence-corrected chi connectivity index (χ0v) is 12.0. The minimum atomic E-state index is 0.340. The highest BCUT2D eigenvalue weighted by Gasteiger charge is 2.28. The lowest BCUT2D eigenvalue weighted by molar-refractivity contribution is 0.0268. The summed E-state index contributed by atoms with van der Waals surface area (Å²) in [5, 5.41) is 0. The summed E-state index contributed by atoms with van der Waals surface area (Å²) >= 11 is 2.10. The van der Waals surface area contributed by atoms with Crippen molar-refractivity contribution in [3.63, 3.8) is 0 Å². The Kier molecular flexibility index (Phi) is 4.75. The first-order valence-corrected chi connectivity index (χ1v) is 7.75. The van der Waals surface area contributed by atoms with Crippen molar-refractivity contribution in [2.45, 2.75) is 37.5 Å². The molecule has 100 valence electrons. The Morgan fingerprint density at radius 1 is 1.41 bits per heavy atom. The topological polar surface area (TPSA) is 38.5 Å². The molecule has 0 saturated carbocycles. The SMILES string of the molecule is CC1(C)CCN(CC2COCCC2N)CCS1. The molecule has 2 heterocycles. The molecule has 2 saturated heterocycles. The lowest BCUT2D eigenvalue weighted by atomic mass is 9.96. The van der Waals surface area contributed by atoms with Gasteiger partial charge in [-0.25, -0.2) is 0 Å². The number of hydrogen-bond donors (Lipinski definition) is 1. The van der Waals surface area contributed by atoms with Crippen molar-refractivity contribution in [3.8, 4) is 0 Å². The first kappa shape index (κ1) is 13.7.